The van der Waals surface area contributed by atoms with Gasteiger partial charge < -0.3 is 9.97 Å². The molecule has 0 amide bonds. The van der Waals surface area contributed by atoms with Crippen molar-refractivity contribution in [2.45, 2.75) is 13.8 Å². The van der Waals surface area contributed by atoms with E-state index in [0.29, 0.717) is 0 Å². The van der Waals surface area contributed by atoms with E-state index >= 15 is 0 Å². The molecule has 4 nitrogen and oxygen atoms in total. The summed E-state index contributed by atoms with van der Waals surface area (Å²) in [6, 6.07) is 0. The second-order valence-corrected chi connectivity index (χ2v) is 3.95. The Morgan fingerprint density at radius 1 is 1.00 bits per heavy atom. The molecule has 0 radical (unpaired) electrons. The van der Waals surface area contributed by atoms with Gasteiger partial charge in [0.2, 0.25) is 0 Å². The summed E-state index contributed by atoms with van der Waals surface area (Å²) in [5.74, 6) is 1.94. The van der Waals surface area contributed by atoms with Gasteiger partial charge in [-0.2, -0.15) is 0 Å². The third kappa shape index (κ3) is 9.82. The zero-order valence-electron chi connectivity index (χ0n) is 8.26. The van der Waals surface area contributed by atoms with E-state index in [1.807, 2.05) is 13.8 Å². The van der Waals surface area contributed by atoms with Crippen LogP contribution in [0.3, 0.4) is 0 Å². The fraction of sp³-hybridized carbons (Fsp3) is 0.250. The van der Waals surface area contributed by atoms with E-state index in [9.17, 15) is 0 Å². The second kappa shape index (κ2) is 10.1. The van der Waals surface area contributed by atoms with Crippen LogP contribution in [-0.4, -0.2) is 19.9 Å². The molecule has 2 rings (SSSR count). The predicted octanol–water partition coefficient (Wildman–Crippen LogP) is 2.81. The summed E-state index contributed by atoms with van der Waals surface area (Å²) in [5, 5.41) is 0. The van der Waals surface area contributed by atoms with Crippen LogP contribution in [-0.2, 0) is 13.1 Å². The molecule has 2 N–H and O–H groups in total. The number of aromatic nitrogens is 4. The predicted molar refractivity (Wildman–Crippen MR) is 58.4 cm³/mol. The summed E-state index contributed by atoms with van der Waals surface area (Å²) in [6.45, 7) is 3.83. The summed E-state index contributed by atoms with van der Waals surface area (Å²) < 4.78 is 0. The Labute approximate surface area is 103 Å². The van der Waals surface area contributed by atoms with Crippen LogP contribution in [0, 0.1) is 13.8 Å². The summed E-state index contributed by atoms with van der Waals surface area (Å²) >= 11 is 0.757. The SMILES string of the molecule is Cc1ncc[nH]1.Cc1ncc[nH]1.[Cl][Cu][Cl]. The topological polar surface area (TPSA) is 57.4 Å². The molecular formula is C8H12Cl2CuN4. The van der Waals surface area contributed by atoms with Gasteiger partial charge in [-0.1, -0.05) is 0 Å². The first-order valence-electron chi connectivity index (χ1n) is 3.94. The van der Waals surface area contributed by atoms with Crippen molar-refractivity contribution in [2.75, 3.05) is 0 Å². The molecule has 0 saturated heterocycles. The molecule has 0 aromatic carbocycles. The number of halogens is 2. The van der Waals surface area contributed by atoms with E-state index in [1.165, 1.54) is 0 Å². The van der Waals surface area contributed by atoms with Crippen molar-refractivity contribution in [1.29, 1.82) is 0 Å². The maximum absolute atomic E-state index is 4.67. The molecule has 0 fully saturated rings. The number of hydrogen-bond acceptors (Lipinski definition) is 2. The zero-order valence-corrected chi connectivity index (χ0v) is 10.7. The first-order valence-corrected chi connectivity index (χ1v) is 6.53. The Balaban J connectivity index is 0.000000210. The van der Waals surface area contributed by atoms with E-state index in [0.717, 1.165) is 24.8 Å². The molecular weight excluding hydrogens is 287 g/mol. The average Bonchev–Trinajstić information content (AvgIpc) is 2.81. The quantitative estimate of drug-likeness (QED) is 0.735. The van der Waals surface area contributed by atoms with Crippen molar-refractivity contribution in [3.63, 3.8) is 0 Å². The minimum atomic E-state index is 0.757. The van der Waals surface area contributed by atoms with Gasteiger partial charge in [-0.05, 0) is 13.8 Å². The number of rotatable bonds is 0. The first kappa shape index (κ1) is 14.5. The number of nitrogens with zero attached hydrogens (tertiary/aromatic N) is 2. The number of hydrogen-bond donors (Lipinski definition) is 2. The van der Waals surface area contributed by atoms with E-state index in [-0.39, 0.29) is 0 Å². The molecule has 0 saturated carbocycles. The molecule has 0 aliphatic heterocycles. The van der Waals surface area contributed by atoms with Crippen molar-refractivity contribution < 1.29 is 13.1 Å². The van der Waals surface area contributed by atoms with Gasteiger partial charge in [0.1, 0.15) is 11.6 Å². The monoisotopic (exact) mass is 297 g/mol. The Morgan fingerprint density at radius 3 is 1.40 bits per heavy atom. The molecule has 2 aromatic rings. The number of H-pyrrole nitrogens is 2. The van der Waals surface area contributed by atoms with Crippen LogP contribution in [0.1, 0.15) is 11.6 Å². The van der Waals surface area contributed by atoms with Gasteiger partial charge >= 0.3 is 33.3 Å². The summed E-state index contributed by atoms with van der Waals surface area (Å²) in [7, 11) is 9.34. The van der Waals surface area contributed by atoms with Crippen molar-refractivity contribution in [3.05, 3.63) is 36.4 Å². The van der Waals surface area contributed by atoms with Gasteiger partial charge in [-0.25, -0.2) is 9.97 Å². The molecule has 7 heteroatoms. The van der Waals surface area contributed by atoms with E-state index in [2.05, 4.69) is 40.1 Å². The van der Waals surface area contributed by atoms with E-state index in [1.54, 1.807) is 24.8 Å². The Bertz CT molecular complexity index is 277. The molecule has 0 atom stereocenters. The van der Waals surface area contributed by atoms with Gasteiger partial charge in [0.25, 0.3) is 0 Å². The van der Waals surface area contributed by atoms with Crippen LogP contribution in [0.5, 0.6) is 0 Å². The van der Waals surface area contributed by atoms with E-state index < -0.39 is 0 Å². The molecule has 0 bridgehead atoms. The van der Waals surface area contributed by atoms with Crippen molar-refractivity contribution >= 4 is 20.2 Å². The molecule has 0 aliphatic carbocycles. The first-order chi connectivity index (χ1) is 7.20. The molecule has 89 valence electrons. The molecule has 0 unspecified atom stereocenters. The molecule has 0 aliphatic rings. The van der Waals surface area contributed by atoms with Gasteiger partial charge in [-0.3, -0.25) is 0 Å². The fourth-order valence-corrected chi connectivity index (χ4v) is 0.688. The van der Waals surface area contributed by atoms with Crippen LogP contribution in [0.25, 0.3) is 0 Å². The molecule has 2 aromatic heterocycles. The average molecular weight is 299 g/mol. The Morgan fingerprint density at radius 2 is 1.33 bits per heavy atom. The standard InChI is InChI=1S/2C4H6N2.2ClH.Cu/c2*1-4-5-2-3-6-4;;;/h2*2-3H,1H3,(H,5,6);2*1H;/q;;;;+2/p-2. The number of aryl methyl sites for hydroxylation is 2. The maximum atomic E-state index is 4.67. The fourth-order valence-electron chi connectivity index (χ4n) is 0.688. The van der Waals surface area contributed by atoms with Crippen molar-refractivity contribution in [1.82, 2.24) is 19.9 Å². The molecule has 2 heterocycles. The summed E-state index contributed by atoms with van der Waals surface area (Å²) in [6.07, 6.45) is 7.06. The van der Waals surface area contributed by atoms with Crippen LogP contribution >= 0.6 is 20.2 Å². The van der Waals surface area contributed by atoms with Crippen molar-refractivity contribution in [2.24, 2.45) is 0 Å². The number of nitrogens with one attached hydrogen (secondary N) is 2. The van der Waals surface area contributed by atoms with Crippen LogP contribution in [0.2, 0.25) is 0 Å². The Kier molecular flexibility index (Phi) is 9.73. The normalized spacial score (nSPS) is 8.53. The summed E-state index contributed by atoms with van der Waals surface area (Å²) in [4.78, 5) is 13.5. The van der Waals surface area contributed by atoms with Crippen molar-refractivity contribution in [3.8, 4) is 0 Å². The summed E-state index contributed by atoms with van der Waals surface area (Å²) in [5.41, 5.74) is 0. The van der Waals surface area contributed by atoms with Crippen LogP contribution < -0.4 is 0 Å². The third-order valence-corrected chi connectivity index (χ3v) is 1.27. The van der Waals surface area contributed by atoms with Crippen LogP contribution in [0.4, 0.5) is 0 Å². The van der Waals surface area contributed by atoms with Crippen LogP contribution in [0.15, 0.2) is 24.8 Å². The number of imidazole rings is 2. The minimum absolute atomic E-state index is 0.757. The van der Waals surface area contributed by atoms with Gasteiger partial charge in [-0.15, -0.1) is 0 Å². The van der Waals surface area contributed by atoms with E-state index in [4.69, 9.17) is 0 Å². The Hall–Kier alpha value is -0.481. The molecule has 15 heavy (non-hydrogen) atoms. The second-order valence-electron chi connectivity index (χ2n) is 2.39. The van der Waals surface area contributed by atoms with Gasteiger partial charge in [0.05, 0.1) is 0 Å². The molecule has 0 spiro atoms. The third-order valence-electron chi connectivity index (χ3n) is 1.27. The zero-order chi connectivity index (χ0) is 11.5. The van der Waals surface area contributed by atoms with Gasteiger partial charge in [0, 0.05) is 24.8 Å². The number of aromatic amines is 2. The van der Waals surface area contributed by atoms with Gasteiger partial charge in [0.15, 0.2) is 0 Å².